The van der Waals surface area contributed by atoms with E-state index in [1.54, 1.807) is 12.1 Å². The van der Waals surface area contributed by atoms with E-state index in [1.165, 1.54) is 0 Å². The van der Waals surface area contributed by atoms with E-state index in [-0.39, 0.29) is 11.9 Å². The van der Waals surface area contributed by atoms with E-state index in [0.717, 1.165) is 21.1 Å². The van der Waals surface area contributed by atoms with Crippen molar-refractivity contribution < 1.29 is 4.79 Å². The number of hydrogen-bond acceptors (Lipinski definition) is 4. The fraction of sp³-hybridized carbons (Fsp3) is 0.0526. The number of carbonyl (C=O) groups excluding carboxylic acids is 1. The minimum Gasteiger partial charge on any atom is -0.289 e. The van der Waals surface area contributed by atoms with Crippen molar-refractivity contribution in [2.24, 2.45) is 0 Å². The molecule has 0 aliphatic carbocycles. The van der Waals surface area contributed by atoms with E-state index in [9.17, 15) is 4.79 Å². The molecule has 0 unspecified atom stereocenters. The molecule has 134 valence electrons. The van der Waals surface area contributed by atoms with E-state index in [2.05, 4.69) is 41.4 Å². The first kappa shape index (κ1) is 17.6. The first-order chi connectivity index (χ1) is 13.0. The normalized spacial score (nSPS) is 10.9. The molecular formula is C19H13BrClN5O. The van der Waals surface area contributed by atoms with Crippen LogP contribution in [0.5, 0.6) is 0 Å². The van der Waals surface area contributed by atoms with Crippen molar-refractivity contribution in [3.8, 4) is 11.4 Å². The van der Waals surface area contributed by atoms with E-state index in [1.807, 2.05) is 43.3 Å². The van der Waals surface area contributed by atoms with Gasteiger partial charge in [-0.2, -0.15) is 4.98 Å². The fourth-order valence-corrected chi connectivity index (χ4v) is 3.36. The van der Waals surface area contributed by atoms with Gasteiger partial charge in [-0.15, -0.1) is 5.10 Å². The van der Waals surface area contributed by atoms with E-state index in [0.29, 0.717) is 22.0 Å². The SMILES string of the molecule is Cc1cc(C(=O)Nc2n[nH]c(-c3ccccc3Cl)n2)c2cc(Br)ccc2n1. The van der Waals surface area contributed by atoms with Crippen LogP contribution in [0.3, 0.4) is 0 Å². The van der Waals surface area contributed by atoms with E-state index >= 15 is 0 Å². The average Bonchev–Trinajstić information content (AvgIpc) is 3.10. The lowest BCUT2D eigenvalue weighted by atomic mass is 10.1. The molecule has 0 saturated heterocycles. The monoisotopic (exact) mass is 441 g/mol. The number of aromatic nitrogens is 4. The minimum absolute atomic E-state index is 0.174. The molecule has 0 fully saturated rings. The summed E-state index contributed by atoms with van der Waals surface area (Å²) < 4.78 is 0.869. The molecule has 0 atom stereocenters. The number of carbonyl (C=O) groups is 1. The number of nitrogens with one attached hydrogen (secondary N) is 2. The largest absolute Gasteiger partial charge is 0.289 e. The molecule has 2 heterocycles. The lowest BCUT2D eigenvalue weighted by Crippen LogP contribution is -2.14. The van der Waals surface area contributed by atoms with Crippen LogP contribution < -0.4 is 5.32 Å². The number of pyridine rings is 1. The lowest BCUT2D eigenvalue weighted by Gasteiger charge is -2.07. The molecule has 6 nitrogen and oxygen atoms in total. The summed E-state index contributed by atoms with van der Waals surface area (Å²) in [6.45, 7) is 1.85. The Bertz CT molecular complexity index is 1170. The second-order valence-corrected chi connectivity index (χ2v) is 7.24. The molecule has 4 rings (SSSR count). The van der Waals surface area contributed by atoms with Crippen molar-refractivity contribution in [3.05, 3.63) is 69.3 Å². The fourth-order valence-electron chi connectivity index (χ4n) is 2.78. The van der Waals surface area contributed by atoms with Gasteiger partial charge in [-0.3, -0.25) is 20.2 Å². The van der Waals surface area contributed by atoms with Gasteiger partial charge in [-0.25, -0.2) is 0 Å². The Hall–Kier alpha value is -2.77. The van der Waals surface area contributed by atoms with Crippen molar-refractivity contribution >= 4 is 50.3 Å². The van der Waals surface area contributed by atoms with Crippen molar-refractivity contribution in [1.82, 2.24) is 20.2 Å². The lowest BCUT2D eigenvalue weighted by molar-refractivity contribution is 0.102. The summed E-state index contributed by atoms with van der Waals surface area (Å²) in [5, 5.41) is 10.9. The van der Waals surface area contributed by atoms with Gasteiger partial charge in [0, 0.05) is 21.1 Å². The smallest absolute Gasteiger partial charge is 0.258 e. The Morgan fingerprint density at radius 1 is 1.15 bits per heavy atom. The quantitative estimate of drug-likeness (QED) is 0.468. The molecule has 2 aromatic heterocycles. The molecule has 4 aromatic rings. The third-order valence-electron chi connectivity index (χ3n) is 3.98. The predicted molar refractivity (Wildman–Crippen MR) is 109 cm³/mol. The molecular weight excluding hydrogens is 430 g/mol. The van der Waals surface area contributed by atoms with Gasteiger partial charge < -0.3 is 0 Å². The Balaban J connectivity index is 1.67. The number of rotatable bonds is 3. The van der Waals surface area contributed by atoms with Gasteiger partial charge in [0.25, 0.3) is 5.91 Å². The predicted octanol–water partition coefficient (Wildman–Crippen LogP) is 5.00. The highest BCUT2D eigenvalue weighted by Crippen LogP contribution is 2.26. The Morgan fingerprint density at radius 3 is 2.78 bits per heavy atom. The van der Waals surface area contributed by atoms with Crippen molar-refractivity contribution in [3.63, 3.8) is 0 Å². The van der Waals surface area contributed by atoms with Crippen LogP contribution in [-0.2, 0) is 0 Å². The Morgan fingerprint density at radius 2 is 1.96 bits per heavy atom. The highest BCUT2D eigenvalue weighted by atomic mass is 79.9. The maximum atomic E-state index is 12.8. The maximum absolute atomic E-state index is 12.8. The molecule has 1 amide bonds. The number of fused-ring (bicyclic) bond motifs is 1. The van der Waals surface area contributed by atoms with Crippen LogP contribution in [0.2, 0.25) is 5.02 Å². The van der Waals surface area contributed by atoms with Crippen molar-refractivity contribution in [1.29, 1.82) is 0 Å². The molecule has 2 N–H and O–H groups in total. The summed E-state index contributed by atoms with van der Waals surface area (Å²) in [4.78, 5) is 21.6. The van der Waals surface area contributed by atoms with E-state index in [4.69, 9.17) is 11.6 Å². The highest BCUT2D eigenvalue weighted by molar-refractivity contribution is 9.10. The highest BCUT2D eigenvalue weighted by Gasteiger charge is 2.16. The second-order valence-electron chi connectivity index (χ2n) is 5.91. The zero-order valence-corrected chi connectivity index (χ0v) is 16.5. The van der Waals surface area contributed by atoms with Gasteiger partial charge >= 0.3 is 0 Å². The van der Waals surface area contributed by atoms with Crippen LogP contribution in [0.1, 0.15) is 16.1 Å². The number of benzene rings is 2. The van der Waals surface area contributed by atoms with Crippen molar-refractivity contribution in [2.45, 2.75) is 6.92 Å². The van der Waals surface area contributed by atoms with Gasteiger partial charge in [0.1, 0.15) is 0 Å². The van der Waals surface area contributed by atoms with Gasteiger partial charge in [-0.1, -0.05) is 39.7 Å². The molecule has 0 radical (unpaired) electrons. The van der Waals surface area contributed by atoms with Gasteiger partial charge in [0.15, 0.2) is 5.82 Å². The summed E-state index contributed by atoms with van der Waals surface area (Å²) in [7, 11) is 0. The Kier molecular flexibility index (Phi) is 4.63. The first-order valence-corrected chi connectivity index (χ1v) is 9.24. The van der Waals surface area contributed by atoms with Crippen molar-refractivity contribution in [2.75, 3.05) is 5.32 Å². The molecule has 0 aliphatic rings. The van der Waals surface area contributed by atoms with Crippen LogP contribution in [-0.4, -0.2) is 26.1 Å². The van der Waals surface area contributed by atoms with Crippen LogP contribution in [0, 0.1) is 6.92 Å². The average molecular weight is 443 g/mol. The zero-order chi connectivity index (χ0) is 19.0. The molecule has 0 spiro atoms. The molecule has 2 aromatic carbocycles. The molecule has 0 aliphatic heterocycles. The minimum atomic E-state index is -0.312. The number of hydrogen-bond donors (Lipinski definition) is 2. The first-order valence-electron chi connectivity index (χ1n) is 8.07. The van der Waals surface area contributed by atoms with Crippen LogP contribution in [0.4, 0.5) is 5.95 Å². The standard InChI is InChI=1S/C19H13BrClN5O/c1-10-8-14(13-9-11(20)6-7-16(13)22-10)18(27)24-19-23-17(25-26-19)12-4-2-3-5-15(12)21/h2-9H,1H3,(H2,23,24,25,26,27). The van der Waals surface area contributed by atoms with Gasteiger partial charge in [0.2, 0.25) is 5.95 Å². The topological polar surface area (TPSA) is 83.6 Å². The van der Waals surface area contributed by atoms with Gasteiger partial charge in [0.05, 0.1) is 16.1 Å². The summed E-state index contributed by atoms with van der Waals surface area (Å²) in [5.41, 5.74) is 2.71. The maximum Gasteiger partial charge on any atom is 0.258 e. The third-order valence-corrected chi connectivity index (χ3v) is 4.81. The second kappa shape index (κ2) is 7.09. The van der Waals surface area contributed by atoms with Gasteiger partial charge in [-0.05, 0) is 43.3 Å². The number of anilines is 1. The number of nitrogens with zero attached hydrogens (tertiary/aromatic N) is 3. The number of halogens is 2. The zero-order valence-electron chi connectivity index (χ0n) is 14.1. The number of aromatic amines is 1. The number of aryl methyl sites for hydroxylation is 1. The van der Waals surface area contributed by atoms with Crippen LogP contribution >= 0.6 is 27.5 Å². The van der Waals surface area contributed by atoms with E-state index < -0.39 is 0 Å². The summed E-state index contributed by atoms with van der Waals surface area (Å²) >= 11 is 9.62. The van der Waals surface area contributed by atoms with Crippen LogP contribution in [0.15, 0.2) is 53.0 Å². The third kappa shape index (κ3) is 3.56. The summed E-state index contributed by atoms with van der Waals surface area (Å²) in [5.74, 6) is 0.343. The molecule has 0 saturated carbocycles. The summed E-state index contributed by atoms with van der Waals surface area (Å²) in [6, 6.07) is 14.6. The molecule has 8 heteroatoms. The Labute approximate surface area is 168 Å². The number of amides is 1. The summed E-state index contributed by atoms with van der Waals surface area (Å²) in [6.07, 6.45) is 0. The van der Waals surface area contributed by atoms with Crippen LogP contribution in [0.25, 0.3) is 22.3 Å². The molecule has 27 heavy (non-hydrogen) atoms. The number of H-pyrrole nitrogens is 1. The molecule has 0 bridgehead atoms.